The average molecular weight is 268 g/mol. The van der Waals surface area contributed by atoms with Crippen LogP contribution < -0.4 is 5.73 Å². The zero-order valence-corrected chi connectivity index (χ0v) is 9.72. The van der Waals surface area contributed by atoms with Crippen LogP contribution in [0.5, 0.6) is 0 Å². The van der Waals surface area contributed by atoms with Gasteiger partial charge in [-0.1, -0.05) is 12.1 Å². The van der Waals surface area contributed by atoms with Crippen LogP contribution in [-0.2, 0) is 16.0 Å². The van der Waals surface area contributed by atoms with E-state index in [0.717, 1.165) is 0 Å². The van der Waals surface area contributed by atoms with Crippen molar-refractivity contribution in [3.05, 3.63) is 39.9 Å². The predicted molar refractivity (Wildman–Crippen MR) is 63.5 cm³/mol. The molecule has 0 spiro atoms. The normalized spacial score (nSPS) is 13.5. The molecule has 1 aromatic carbocycles. The smallest absolute Gasteiger partial charge is 0.321 e. The molecule has 0 saturated carbocycles. The number of nitrogens with two attached hydrogens (primary N) is 1. The second-order valence-corrected chi connectivity index (χ2v) is 3.94. The Labute approximate surface area is 107 Å². The molecule has 0 amide bonds. The molecule has 0 heterocycles. The van der Waals surface area contributed by atoms with Gasteiger partial charge in [0, 0.05) is 12.1 Å². The highest BCUT2D eigenvalue weighted by Gasteiger charge is 2.30. The number of carbonyl (C=O) groups is 2. The molecule has 19 heavy (non-hydrogen) atoms. The Bertz CT molecular complexity index is 516. The van der Waals surface area contributed by atoms with Crippen LogP contribution in [0.2, 0.25) is 0 Å². The maximum Gasteiger partial charge on any atom is 0.321 e. The average Bonchev–Trinajstić information content (AvgIpc) is 2.35. The fraction of sp³-hybridized carbons (Fsp3) is 0.273. The molecule has 0 aromatic heterocycles. The van der Waals surface area contributed by atoms with Crippen LogP contribution >= 0.6 is 0 Å². The number of aliphatic carboxylic acids is 2. The summed E-state index contributed by atoms with van der Waals surface area (Å²) in [5.74, 6) is -4.14. The van der Waals surface area contributed by atoms with E-state index in [4.69, 9.17) is 15.9 Å². The van der Waals surface area contributed by atoms with Crippen LogP contribution in [0.25, 0.3) is 0 Å². The summed E-state index contributed by atoms with van der Waals surface area (Å²) in [6.45, 7) is 0. The second kappa shape index (κ2) is 5.91. The summed E-state index contributed by atoms with van der Waals surface area (Å²) in [6, 6.07) is 3.77. The van der Waals surface area contributed by atoms with E-state index >= 15 is 0 Å². The highest BCUT2D eigenvalue weighted by atomic mass is 16.6. The van der Waals surface area contributed by atoms with Crippen molar-refractivity contribution in [1.29, 1.82) is 0 Å². The van der Waals surface area contributed by atoms with E-state index in [0.29, 0.717) is 5.56 Å². The molecule has 0 fully saturated rings. The van der Waals surface area contributed by atoms with Crippen LogP contribution in [0.15, 0.2) is 24.3 Å². The number of carboxylic acid groups (broad SMARTS) is 2. The van der Waals surface area contributed by atoms with E-state index in [1.807, 2.05) is 0 Å². The highest BCUT2D eigenvalue weighted by Crippen LogP contribution is 2.18. The Morgan fingerprint density at radius 1 is 1.32 bits per heavy atom. The number of nitro benzene ring substituents is 1. The van der Waals surface area contributed by atoms with Gasteiger partial charge in [-0.25, -0.2) is 0 Å². The third kappa shape index (κ3) is 3.75. The fourth-order valence-corrected chi connectivity index (χ4v) is 1.59. The van der Waals surface area contributed by atoms with Crippen molar-refractivity contribution < 1.29 is 24.7 Å². The Balaban J connectivity index is 2.97. The van der Waals surface area contributed by atoms with Crippen molar-refractivity contribution in [1.82, 2.24) is 0 Å². The number of rotatable bonds is 6. The summed E-state index contributed by atoms with van der Waals surface area (Å²) in [5, 5.41) is 28.3. The van der Waals surface area contributed by atoms with E-state index in [2.05, 4.69) is 0 Å². The lowest BCUT2D eigenvalue weighted by Gasteiger charge is -2.16. The van der Waals surface area contributed by atoms with Gasteiger partial charge in [0.05, 0.1) is 10.8 Å². The maximum atomic E-state index is 11.0. The van der Waals surface area contributed by atoms with Gasteiger partial charge < -0.3 is 15.9 Å². The number of carboxylic acids is 2. The zero-order chi connectivity index (χ0) is 14.6. The molecule has 4 N–H and O–H groups in total. The molecule has 8 heteroatoms. The van der Waals surface area contributed by atoms with Gasteiger partial charge in [0.1, 0.15) is 6.04 Å². The Kier molecular flexibility index (Phi) is 4.54. The van der Waals surface area contributed by atoms with Gasteiger partial charge in [-0.05, 0) is 12.0 Å². The first-order chi connectivity index (χ1) is 8.82. The van der Waals surface area contributed by atoms with E-state index in [-0.39, 0.29) is 12.1 Å². The molecule has 1 unspecified atom stereocenters. The van der Waals surface area contributed by atoms with Gasteiger partial charge in [-0.15, -0.1) is 0 Å². The van der Waals surface area contributed by atoms with Crippen molar-refractivity contribution >= 4 is 17.6 Å². The van der Waals surface area contributed by atoms with Crippen LogP contribution in [0, 0.1) is 16.0 Å². The maximum absolute atomic E-state index is 11.0. The number of benzene rings is 1. The minimum Gasteiger partial charge on any atom is -0.481 e. The van der Waals surface area contributed by atoms with E-state index < -0.39 is 28.8 Å². The van der Waals surface area contributed by atoms with Crippen molar-refractivity contribution in [3.63, 3.8) is 0 Å². The lowest BCUT2D eigenvalue weighted by Crippen LogP contribution is -2.43. The lowest BCUT2D eigenvalue weighted by atomic mass is 9.92. The fourth-order valence-electron chi connectivity index (χ4n) is 1.59. The van der Waals surface area contributed by atoms with E-state index in [1.54, 1.807) is 0 Å². The van der Waals surface area contributed by atoms with Gasteiger partial charge in [0.25, 0.3) is 5.69 Å². The summed E-state index contributed by atoms with van der Waals surface area (Å²) < 4.78 is 0. The number of hydrogen-bond acceptors (Lipinski definition) is 5. The topological polar surface area (TPSA) is 144 Å². The van der Waals surface area contributed by atoms with Gasteiger partial charge in [0.15, 0.2) is 0 Å². The molecule has 0 bridgehead atoms. The minimum atomic E-state index is -1.57. The molecule has 0 aliphatic carbocycles. The molecule has 1 aromatic rings. The number of non-ortho nitro benzene ring substituents is 1. The predicted octanol–water partition coefficient (Wildman–Crippen LogP) is 0.250. The van der Waals surface area contributed by atoms with Crippen molar-refractivity contribution in [3.8, 4) is 0 Å². The first-order valence-corrected chi connectivity index (χ1v) is 5.27. The summed E-state index contributed by atoms with van der Waals surface area (Å²) in [7, 11) is 0. The largest absolute Gasteiger partial charge is 0.481 e. The molecular formula is C11H12N2O6. The lowest BCUT2D eigenvalue weighted by molar-refractivity contribution is -0.384. The van der Waals surface area contributed by atoms with Crippen LogP contribution in [0.3, 0.4) is 0 Å². The first-order valence-electron chi connectivity index (χ1n) is 5.27. The Morgan fingerprint density at radius 3 is 2.42 bits per heavy atom. The van der Waals surface area contributed by atoms with E-state index in [9.17, 15) is 19.7 Å². The number of hydrogen-bond donors (Lipinski definition) is 3. The number of nitro groups is 1. The Morgan fingerprint density at radius 2 is 1.95 bits per heavy atom. The van der Waals surface area contributed by atoms with Crippen LogP contribution in [-0.4, -0.2) is 33.1 Å². The van der Waals surface area contributed by atoms with Crippen LogP contribution in [0.1, 0.15) is 5.56 Å². The first kappa shape index (κ1) is 14.6. The highest BCUT2D eigenvalue weighted by molar-refractivity contribution is 5.82. The van der Waals surface area contributed by atoms with Gasteiger partial charge in [0.2, 0.25) is 0 Å². The molecule has 8 nitrogen and oxygen atoms in total. The molecule has 0 aliphatic rings. The SMILES string of the molecule is N[C@H](C(=O)O)C(Cc1cccc([N+](=O)[O-])c1)C(=O)O. The second-order valence-electron chi connectivity index (χ2n) is 3.94. The molecule has 0 aliphatic heterocycles. The third-order valence-corrected chi connectivity index (χ3v) is 2.61. The number of nitrogens with zero attached hydrogens (tertiary/aromatic N) is 1. The monoisotopic (exact) mass is 268 g/mol. The zero-order valence-electron chi connectivity index (χ0n) is 9.72. The summed E-state index contributed by atoms with van der Waals surface area (Å²) >= 11 is 0. The van der Waals surface area contributed by atoms with Gasteiger partial charge in [-0.2, -0.15) is 0 Å². The third-order valence-electron chi connectivity index (χ3n) is 2.61. The molecular weight excluding hydrogens is 256 g/mol. The molecule has 0 saturated heterocycles. The summed E-state index contributed by atoms with van der Waals surface area (Å²) in [5.41, 5.74) is 5.45. The molecule has 1 rings (SSSR count). The molecule has 102 valence electrons. The van der Waals surface area contributed by atoms with Crippen molar-refractivity contribution in [2.24, 2.45) is 11.7 Å². The Hall–Kier alpha value is -2.48. The summed E-state index contributed by atoms with van der Waals surface area (Å²) in [4.78, 5) is 31.7. The van der Waals surface area contributed by atoms with Gasteiger partial charge in [-0.3, -0.25) is 19.7 Å². The van der Waals surface area contributed by atoms with Crippen molar-refractivity contribution in [2.75, 3.05) is 0 Å². The van der Waals surface area contributed by atoms with Crippen LogP contribution in [0.4, 0.5) is 5.69 Å². The van der Waals surface area contributed by atoms with E-state index in [1.165, 1.54) is 24.3 Å². The standard InChI is InChI=1S/C11H12N2O6/c12-9(11(16)17)8(10(14)15)5-6-2-1-3-7(4-6)13(18)19/h1-4,8-9H,5,12H2,(H,14,15)(H,16,17)/t8?,9-/m0/s1. The molecule has 0 radical (unpaired) electrons. The quantitative estimate of drug-likeness (QED) is 0.495. The summed E-state index contributed by atoms with van der Waals surface area (Å²) in [6.07, 6.45) is -0.190. The minimum absolute atomic E-state index is 0.189. The molecule has 2 atom stereocenters. The van der Waals surface area contributed by atoms with Gasteiger partial charge >= 0.3 is 11.9 Å². The van der Waals surface area contributed by atoms with Crippen molar-refractivity contribution in [2.45, 2.75) is 12.5 Å².